The number of benzene rings is 1. The molecule has 1 aromatic carbocycles. The molecule has 0 radical (unpaired) electrons. The van der Waals surface area contributed by atoms with Crippen molar-refractivity contribution in [2.45, 2.75) is 19.3 Å². The number of aromatic nitrogens is 2. The van der Waals surface area contributed by atoms with Gasteiger partial charge < -0.3 is 14.2 Å². The molecule has 144 valence electrons. The van der Waals surface area contributed by atoms with E-state index in [0.717, 1.165) is 36.6 Å². The lowest BCUT2D eigenvalue weighted by molar-refractivity contribution is -0.133. The van der Waals surface area contributed by atoms with Crippen molar-refractivity contribution in [1.29, 1.82) is 0 Å². The van der Waals surface area contributed by atoms with Crippen molar-refractivity contribution in [2.75, 3.05) is 31.1 Å². The van der Waals surface area contributed by atoms with E-state index in [9.17, 15) is 4.79 Å². The minimum absolute atomic E-state index is 0.0693. The van der Waals surface area contributed by atoms with E-state index in [2.05, 4.69) is 22.0 Å². The van der Waals surface area contributed by atoms with Crippen LogP contribution in [-0.2, 0) is 4.79 Å². The Morgan fingerprint density at radius 3 is 2.39 bits per heavy atom. The molecule has 0 saturated carbocycles. The summed E-state index contributed by atoms with van der Waals surface area (Å²) in [6, 6.07) is 17.6. The van der Waals surface area contributed by atoms with Crippen molar-refractivity contribution in [3.8, 4) is 11.5 Å². The molecular formula is C22H24N4O2. The molecule has 1 amide bonds. The third kappa shape index (κ3) is 3.76. The van der Waals surface area contributed by atoms with Crippen LogP contribution in [0.2, 0.25) is 0 Å². The van der Waals surface area contributed by atoms with E-state index in [1.165, 1.54) is 0 Å². The van der Waals surface area contributed by atoms with Crippen LogP contribution in [0.1, 0.15) is 24.8 Å². The molecule has 0 N–H and O–H groups in total. The second kappa shape index (κ2) is 8.25. The molecule has 2 aromatic heterocycles. The molecule has 6 heteroatoms. The van der Waals surface area contributed by atoms with Crippen LogP contribution in [0.3, 0.4) is 0 Å². The molecule has 0 spiro atoms. The van der Waals surface area contributed by atoms with Gasteiger partial charge in [0.25, 0.3) is 0 Å². The number of anilines is 1. The highest BCUT2D eigenvalue weighted by atomic mass is 16.3. The summed E-state index contributed by atoms with van der Waals surface area (Å²) in [6.45, 7) is 4.98. The summed E-state index contributed by atoms with van der Waals surface area (Å²) in [4.78, 5) is 17.2. The average Bonchev–Trinajstić information content (AvgIpc) is 3.30. The van der Waals surface area contributed by atoms with E-state index in [-0.39, 0.29) is 11.8 Å². The SMILES string of the molecule is CCC(C(=O)N1CCN(c2ccc(-c3ccco3)nn2)CC1)c1ccccc1. The summed E-state index contributed by atoms with van der Waals surface area (Å²) in [5.74, 6) is 1.69. The van der Waals surface area contributed by atoms with Gasteiger partial charge in [-0.3, -0.25) is 4.79 Å². The maximum atomic E-state index is 13.0. The largest absolute Gasteiger partial charge is 0.463 e. The van der Waals surface area contributed by atoms with Gasteiger partial charge in [-0.2, -0.15) is 0 Å². The summed E-state index contributed by atoms with van der Waals surface area (Å²) in [5.41, 5.74) is 1.81. The standard InChI is InChI=1S/C22H24N4O2/c1-2-18(17-7-4-3-5-8-17)22(27)26-14-12-25(13-15-26)21-11-10-19(23-24-21)20-9-6-16-28-20/h3-11,16,18H,2,12-15H2,1H3. The number of hydrogen-bond donors (Lipinski definition) is 0. The normalized spacial score (nSPS) is 15.5. The Labute approximate surface area is 164 Å². The number of amides is 1. The van der Waals surface area contributed by atoms with E-state index in [0.29, 0.717) is 18.8 Å². The first kappa shape index (κ1) is 18.2. The average molecular weight is 376 g/mol. The van der Waals surface area contributed by atoms with E-state index in [1.807, 2.05) is 59.5 Å². The quantitative estimate of drug-likeness (QED) is 0.681. The third-order valence-electron chi connectivity index (χ3n) is 5.25. The summed E-state index contributed by atoms with van der Waals surface area (Å²) < 4.78 is 5.35. The molecular weight excluding hydrogens is 352 g/mol. The minimum Gasteiger partial charge on any atom is -0.463 e. The molecule has 3 aromatic rings. The number of hydrogen-bond acceptors (Lipinski definition) is 5. The van der Waals surface area contributed by atoms with E-state index in [4.69, 9.17) is 4.42 Å². The fourth-order valence-electron chi connectivity index (χ4n) is 3.66. The topological polar surface area (TPSA) is 62.5 Å². The van der Waals surface area contributed by atoms with Crippen molar-refractivity contribution in [3.05, 3.63) is 66.4 Å². The smallest absolute Gasteiger partial charge is 0.230 e. The molecule has 1 aliphatic heterocycles. The van der Waals surface area contributed by atoms with Gasteiger partial charge in [0.05, 0.1) is 12.2 Å². The molecule has 6 nitrogen and oxygen atoms in total. The van der Waals surface area contributed by atoms with Gasteiger partial charge in [-0.1, -0.05) is 37.3 Å². The van der Waals surface area contributed by atoms with Gasteiger partial charge in [0.1, 0.15) is 5.69 Å². The lowest BCUT2D eigenvalue weighted by Crippen LogP contribution is -2.50. The maximum absolute atomic E-state index is 13.0. The van der Waals surface area contributed by atoms with Gasteiger partial charge in [-0.05, 0) is 36.2 Å². The van der Waals surface area contributed by atoms with Crippen LogP contribution in [-0.4, -0.2) is 47.2 Å². The van der Waals surface area contributed by atoms with Gasteiger partial charge >= 0.3 is 0 Å². The highest BCUT2D eigenvalue weighted by Gasteiger charge is 2.28. The first-order valence-corrected chi connectivity index (χ1v) is 9.72. The maximum Gasteiger partial charge on any atom is 0.230 e. The molecule has 1 unspecified atom stereocenters. The summed E-state index contributed by atoms with van der Waals surface area (Å²) in [5, 5.41) is 8.61. The Morgan fingerprint density at radius 2 is 1.79 bits per heavy atom. The molecule has 3 heterocycles. The summed E-state index contributed by atoms with van der Waals surface area (Å²) in [7, 11) is 0. The summed E-state index contributed by atoms with van der Waals surface area (Å²) >= 11 is 0. The van der Waals surface area contributed by atoms with Crippen molar-refractivity contribution in [2.24, 2.45) is 0 Å². The van der Waals surface area contributed by atoms with Crippen molar-refractivity contribution in [1.82, 2.24) is 15.1 Å². The predicted molar refractivity (Wildman–Crippen MR) is 108 cm³/mol. The monoisotopic (exact) mass is 376 g/mol. The molecule has 1 atom stereocenters. The first-order valence-electron chi connectivity index (χ1n) is 9.72. The number of carbonyl (C=O) groups excluding carboxylic acids is 1. The number of carbonyl (C=O) groups is 1. The number of rotatable bonds is 5. The number of piperazine rings is 1. The Morgan fingerprint density at radius 1 is 1.00 bits per heavy atom. The van der Waals surface area contributed by atoms with Gasteiger partial charge in [-0.25, -0.2) is 0 Å². The van der Waals surface area contributed by atoms with Crippen LogP contribution in [0.25, 0.3) is 11.5 Å². The zero-order valence-electron chi connectivity index (χ0n) is 16.0. The zero-order valence-corrected chi connectivity index (χ0v) is 16.0. The molecule has 0 aliphatic carbocycles. The van der Waals surface area contributed by atoms with Crippen LogP contribution in [0.15, 0.2) is 65.3 Å². The predicted octanol–water partition coefficient (Wildman–Crippen LogP) is 3.58. The molecule has 4 rings (SSSR count). The minimum atomic E-state index is -0.0693. The molecule has 1 fully saturated rings. The lowest BCUT2D eigenvalue weighted by Gasteiger charge is -2.36. The van der Waals surface area contributed by atoms with E-state index < -0.39 is 0 Å². The second-order valence-electron chi connectivity index (χ2n) is 6.94. The van der Waals surface area contributed by atoms with Gasteiger partial charge in [0.15, 0.2) is 11.6 Å². The van der Waals surface area contributed by atoms with Crippen molar-refractivity contribution >= 4 is 11.7 Å². The first-order chi connectivity index (χ1) is 13.8. The van der Waals surface area contributed by atoms with Gasteiger partial charge in [-0.15, -0.1) is 10.2 Å². The number of furan rings is 1. The Kier molecular flexibility index (Phi) is 5.37. The molecule has 28 heavy (non-hydrogen) atoms. The number of nitrogens with zero attached hydrogens (tertiary/aromatic N) is 4. The third-order valence-corrected chi connectivity index (χ3v) is 5.25. The van der Waals surface area contributed by atoms with E-state index >= 15 is 0 Å². The molecule has 1 aliphatic rings. The van der Waals surface area contributed by atoms with Crippen molar-refractivity contribution in [3.63, 3.8) is 0 Å². The van der Waals surface area contributed by atoms with Crippen LogP contribution >= 0.6 is 0 Å². The fraction of sp³-hybridized carbons (Fsp3) is 0.318. The highest BCUT2D eigenvalue weighted by molar-refractivity contribution is 5.84. The molecule has 0 bridgehead atoms. The fourth-order valence-corrected chi connectivity index (χ4v) is 3.66. The Bertz CT molecular complexity index is 886. The lowest BCUT2D eigenvalue weighted by atomic mass is 9.95. The molecule has 1 saturated heterocycles. The van der Waals surface area contributed by atoms with Crippen LogP contribution < -0.4 is 4.90 Å². The van der Waals surface area contributed by atoms with Crippen LogP contribution in [0.4, 0.5) is 5.82 Å². The zero-order chi connectivity index (χ0) is 19.3. The Balaban J connectivity index is 1.38. The van der Waals surface area contributed by atoms with Gasteiger partial charge in [0, 0.05) is 26.2 Å². The Hall–Kier alpha value is -3.15. The van der Waals surface area contributed by atoms with Gasteiger partial charge in [0.2, 0.25) is 5.91 Å². The van der Waals surface area contributed by atoms with Crippen LogP contribution in [0.5, 0.6) is 0 Å². The van der Waals surface area contributed by atoms with Crippen LogP contribution in [0, 0.1) is 0 Å². The second-order valence-corrected chi connectivity index (χ2v) is 6.94. The summed E-state index contributed by atoms with van der Waals surface area (Å²) in [6.07, 6.45) is 2.43. The highest BCUT2D eigenvalue weighted by Crippen LogP contribution is 2.24. The van der Waals surface area contributed by atoms with Crippen molar-refractivity contribution < 1.29 is 9.21 Å². The van der Waals surface area contributed by atoms with E-state index in [1.54, 1.807) is 6.26 Å².